The highest BCUT2D eigenvalue weighted by Crippen LogP contribution is 2.46. The molecule has 0 unspecified atom stereocenters. The van der Waals surface area contributed by atoms with Crippen LogP contribution >= 0.6 is 0 Å². The molecule has 4 rings (SSSR count). The van der Waals surface area contributed by atoms with Crippen LogP contribution in [0.2, 0.25) is 0 Å². The molecule has 0 spiro atoms. The van der Waals surface area contributed by atoms with Crippen LogP contribution in [-0.4, -0.2) is 20.9 Å². The topological polar surface area (TPSA) is 100 Å². The maximum Gasteiger partial charge on any atom is 0.204 e. The Labute approximate surface area is 167 Å². The van der Waals surface area contributed by atoms with E-state index in [4.69, 9.17) is 9.15 Å². The molecule has 0 radical (unpaired) electrons. The number of aromatic hydroxyl groups is 3. The van der Waals surface area contributed by atoms with Crippen molar-refractivity contribution in [2.75, 3.05) is 0 Å². The molecule has 2 aromatic carbocycles. The molecule has 152 valence electrons. The second-order valence-electron chi connectivity index (χ2n) is 8.80. The summed E-state index contributed by atoms with van der Waals surface area (Å²) >= 11 is 0. The monoisotopic (exact) mass is 396 g/mol. The maximum absolute atomic E-state index is 13.3. The van der Waals surface area contributed by atoms with Crippen molar-refractivity contribution in [2.45, 2.75) is 51.6 Å². The van der Waals surface area contributed by atoms with Crippen molar-refractivity contribution >= 4 is 21.9 Å². The molecule has 0 fully saturated rings. The number of phenolic OH excluding ortho intramolecular Hbond substituents is 3. The Morgan fingerprint density at radius 1 is 1.14 bits per heavy atom. The predicted octanol–water partition coefficient (Wildman–Crippen LogP) is 4.63. The second-order valence-corrected chi connectivity index (χ2v) is 8.80. The largest absolute Gasteiger partial charge is 0.507 e. The van der Waals surface area contributed by atoms with E-state index >= 15 is 0 Å². The lowest BCUT2D eigenvalue weighted by Gasteiger charge is -2.33. The molecule has 0 saturated carbocycles. The first kappa shape index (κ1) is 19.2. The number of benzene rings is 2. The first-order valence-electron chi connectivity index (χ1n) is 9.50. The number of hydrogen-bond acceptors (Lipinski definition) is 6. The van der Waals surface area contributed by atoms with E-state index in [1.807, 2.05) is 27.7 Å². The number of ether oxygens (including phenoxy) is 1. The van der Waals surface area contributed by atoms with E-state index in [-0.39, 0.29) is 44.9 Å². The summed E-state index contributed by atoms with van der Waals surface area (Å²) in [6.07, 6.45) is 2.98. The summed E-state index contributed by atoms with van der Waals surface area (Å²) in [5, 5.41) is 32.2. The van der Waals surface area contributed by atoms with Crippen molar-refractivity contribution in [3.63, 3.8) is 0 Å². The average molecular weight is 396 g/mol. The third-order valence-electron chi connectivity index (χ3n) is 5.77. The van der Waals surface area contributed by atoms with E-state index < -0.39 is 16.4 Å². The Hall–Kier alpha value is -3.15. The average Bonchev–Trinajstić information content (AvgIpc) is 2.65. The van der Waals surface area contributed by atoms with Gasteiger partial charge in [-0.3, -0.25) is 4.79 Å². The lowest BCUT2D eigenvalue weighted by atomic mass is 9.83. The summed E-state index contributed by atoms with van der Waals surface area (Å²) in [7, 11) is 0. The molecule has 0 bridgehead atoms. The van der Waals surface area contributed by atoms with Gasteiger partial charge in [0.05, 0.1) is 5.39 Å². The van der Waals surface area contributed by atoms with Crippen LogP contribution in [0.15, 0.2) is 34.0 Å². The van der Waals surface area contributed by atoms with Gasteiger partial charge in [0.2, 0.25) is 11.2 Å². The van der Waals surface area contributed by atoms with Crippen molar-refractivity contribution in [2.24, 2.45) is 0 Å². The minimum absolute atomic E-state index is 0.0793. The van der Waals surface area contributed by atoms with Gasteiger partial charge < -0.3 is 24.5 Å². The highest BCUT2D eigenvalue weighted by atomic mass is 16.5. The fraction of sp³-hybridized carbons (Fsp3) is 0.348. The molecule has 0 saturated heterocycles. The van der Waals surface area contributed by atoms with E-state index in [1.165, 1.54) is 6.07 Å². The molecule has 0 amide bonds. The molecular weight excluding hydrogens is 372 g/mol. The summed E-state index contributed by atoms with van der Waals surface area (Å²) in [6.45, 7) is 11.2. The molecule has 1 aliphatic heterocycles. The molecule has 6 heteroatoms. The lowest BCUT2D eigenvalue weighted by molar-refractivity contribution is 0.0808. The summed E-state index contributed by atoms with van der Waals surface area (Å²) < 4.78 is 11.6. The molecule has 29 heavy (non-hydrogen) atoms. The first-order valence-corrected chi connectivity index (χ1v) is 9.50. The van der Waals surface area contributed by atoms with Gasteiger partial charge in [-0.25, -0.2) is 0 Å². The van der Waals surface area contributed by atoms with Gasteiger partial charge in [-0.1, -0.05) is 19.9 Å². The molecule has 0 atom stereocenters. The highest BCUT2D eigenvalue weighted by molar-refractivity contribution is 5.99. The van der Waals surface area contributed by atoms with E-state index in [2.05, 4.69) is 6.58 Å². The van der Waals surface area contributed by atoms with Crippen molar-refractivity contribution in [3.8, 4) is 23.0 Å². The van der Waals surface area contributed by atoms with E-state index in [0.29, 0.717) is 17.5 Å². The molecule has 3 aromatic rings. The van der Waals surface area contributed by atoms with Crippen LogP contribution in [0, 0.1) is 0 Å². The van der Waals surface area contributed by atoms with Crippen molar-refractivity contribution in [1.82, 2.24) is 0 Å². The molecule has 2 heterocycles. The molecule has 1 aromatic heterocycles. The van der Waals surface area contributed by atoms with Gasteiger partial charge >= 0.3 is 0 Å². The third kappa shape index (κ3) is 2.74. The van der Waals surface area contributed by atoms with E-state index in [1.54, 1.807) is 12.1 Å². The number of allylic oxidation sites excluding steroid dienone is 1. The molecule has 3 N–H and O–H groups in total. The number of rotatable bonds is 2. The Bertz CT molecular complexity index is 1250. The third-order valence-corrected chi connectivity index (χ3v) is 5.77. The number of fused-ring (bicyclic) bond motifs is 3. The van der Waals surface area contributed by atoms with Gasteiger partial charge in [-0.05, 0) is 44.4 Å². The fourth-order valence-corrected chi connectivity index (χ4v) is 3.82. The van der Waals surface area contributed by atoms with Crippen LogP contribution < -0.4 is 10.2 Å². The number of hydrogen-bond donors (Lipinski definition) is 3. The van der Waals surface area contributed by atoms with E-state index in [0.717, 1.165) is 6.42 Å². The van der Waals surface area contributed by atoms with Gasteiger partial charge in [0.15, 0.2) is 22.7 Å². The SMILES string of the molecule is C=CC(C)(C)c1cc(O)c2oc3c(O)c4c(cc3c(=O)c2c1O)CCC(C)(C)O4. The summed E-state index contributed by atoms with van der Waals surface area (Å²) in [6, 6.07) is 2.98. The van der Waals surface area contributed by atoms with Crippen LogP contribution in [0.1, 0.15) is 45.2 Å². The Balaban J connectivity index is 2.13. The zero-order chi connectivity index (χ0) is 21.3. The number of aryl methyl sites for hydroxylation is 1. The smallest absolute Gasteiger partial charge is 0.204 e. The van der Waals surface area contributed by atoms with Crippen molar-refractivity contribution in [3.05, 3.63) is 46.1 Å². The van der Waals surface area contributed by atoms with Crippen LogP contribution in [-0.2, 0) is 11.8 Å². The molecule has 0 aliphatic carbocycles. The van der Waals surface area contributed by atoms with Crippen molar-refractivity contribution in [1.29, 1.82) is 0 Å². The first-order chi connectivity index (χ1) is 13.5. The summed E-state index contributed by atoms with van der Waals surface area (Å²) in [4.78, 5) is 13.3. The number of phenols is 3. The van der Waals surface area contributed by atoms with Crippen LogP contribution in [0.25, 0.3) is 21.9 Å². The van der Waals surface area contributed by atoms with Crippen LogP contribution in [0.3, 0.4) is 0 Å². The normalized spacial score (nSPS) is 15.9. The Kier molecular flexibility index (Phi) is 3.92. The molecule has 6 nitrogen and oxygen atoms in total. The predicted molar refractivity (Wildman–Crippen MR) is 111 cm³/mol. The van der Waals surface area contributed by atoms with Gasteiger partial charge in [0.1, 0.15) is 16.7 Å². The van der Waals surface area contributed by atoms with Gasteiger partial charge in [0, 0.05) is 11.0 Å². The van der Waals surface area contributed by atoms with Gasteiger partial charge in [-0.2, -0.15) is 0 Å². The molecular formula is C23H24O6. The summed E-state index contributed by atoms with van der Waals surface area (Å²) in [5.74, 6) is -0.573. The van der Waals surface area contributed by atoms with E-state index in [9.17, 15) is 20.1 Å². The standard InChI is InChI=1S/C23H24O6/c1-6-22(2,3)13-10-14(24)21-15(17(13)26)16(25)12-9-11-7-8-23(4,5)29-19(11)18(27)20(12)28-21/h6,9-10,24,26-27H,1,7-8H2,2-5H3. The quantitative estimate of drug-likeness (QED) is 0.332. The second kappa shape index (κ2) is 5.92. The summed E-state index contributed by atoms with van der Waals surface area (Å²) in [5.41, 5.74) is -0.879. The Morgan fingerprint density at radius 2 is 1.83 bits per heavy atom. The van der Waals surface area contributed by atoms with Crippen molar-refractivity contribution < 1.29 is 24.5 Å². The minimum Gasteiger partial charge on any atom is -0.507 e. The zero-order valence-corrected chi connectivity index (χ0v) is 16.9. The zero-order valence-electron chi connectivity index (χ0n) is 16.9. The van der Waals surface area contributed by atoms with Gasteiger partial charge in [0.25, 0.3) is 0 Å². The lowest BCUT2D eigenvalue weighted by Crippen LogP contribution is -2.32. The molecule has 1 aliphatic rings. The van der Waals surface area contributed by atoms with Crippen LogP contribution in [0.4, 0.5) is 0 Å². The maximum atomic E-state index is 13.3. The highest BCUT2D eigenvalue weighted by Gasteiger charge is 2.32. The van der Waals surface area contributed by atoms with Crippen LogP contribution in [0.5, 0.6) is 23.0 Å². The van der Waals surface area contributed by atoms with Gasteiger partial charge in [-0.15, -0.1) is 6.58 Å². The Morgan fingerprint density at radius 3 is 2.48 bits per heavy atom. The minimum atomic E-state index is -0.686. The fourth-order valence-electron chi connectivity index (χ4n) is 3.82.